The van der Waals surface area contributed by atoms with Crippen LogP contribution in [0.5, 0.6) is 0 Å². The lowest BCUT2D eigenvalue weighted by Gasteiger charge is -2.18. The van der Waals surface area contributed by atoms with Crippen LogP contribution in [0.1, 0.15) is 273 Å². The summed E-state index contributed by atoms with van der Waals surface area (Å²) in [5, 5.41) is 0. The van der Waals surface area contributed by atoms with Gasteiger partial charge < -0.3 is 14.2 Å². The van der Waals surface area contributed by atoms with Gasteiger partial charge in [-0.3, -0.25) is 14.4 Å². The smallest absolute Gasteiger partial charge is 0.306 e. The van der Waals surface area contributed by atoms with Crippen LogP contribution in [0.2, 0.25) is 0 Å². The molecule has 0 aliphatic heterocycles. The van der Waals surface area contributed by atoms with Gasteiger partial charge in [-0.05, 0) is 37.0 Å². The van der Waals surface area contributed by atoms with E-state index in [4.69, 9.17) is 14.2 Å². The van der Waals surface area contributed by atoms with Crippen LogP contribution in [0.3, 0.4) is 0 Å². The fourth-order valence-corrected chi connectivity index (χ4v) is 7.55. The summed E-state index contributed by atoms with van der Waals surface area (Å²) in [6.45, 7) is 13.7. The molecule has 0 amide bonds. The van der Waals surface area contributed by atoms with Gasteiger partial charge in [0.2, 0.25) is 0 Å². The molecule has 0 saturated carbocycles. The lowest BCUT2D eigenvalue weighted by atomic mass is 10.00. The first-order valence-corrected chi connectivity index (χ1v) is 25.1. The molecular weight excluding hydrogens is 709 g/mol. The Hall–Kier alpha value is -1.59. The Kier molecular flexibility index (Phi) is 41.3. The van der Waals surface area contributed by atoms with Crippen molar-refractivity contribution in [2.75, 3.05) is 13.2 Å². The van der Waals surface area contributed by atoms with E-state index in [-0.39, 0.29) is 31.1 Å². The van der Waals surface area contributed by atoms with E-state index in [1.165, 1.54) is 154 Å². The van der Waals surface area contributed by atoms with Crippen LogP contribution in [0, 0.1) is 17.8 Å². The Morgan fingerprint density at radius 1 is 0.351 bits per heavy atom. The molecule has 0 saturated heterocycles. The Morgan fingerprint density at radius 3 is 0.912 bits per heavy atom. The molecule has 0 aliphatic rings. The number of hydrogen-bond acceptors (Lipinski definition) is 6. The third-order valence-corrected chi connectivity index (χ3v) is 11.8. The summed E-state index contributed by atoms with van der Waals surface area (Å²) < 4.78 is 16.8. The highest BCUT2D eigenvalue weighted by Gasteiger charge is 2.19. The van der Waals surface area contributed by atoms with Crippen LogP contribution in [0.25, 0.3) is 0 Å². The van der Waals surface area contributed by atoms with Gasteiger partial charge in [0.1, 0.15) is 13.2 Å². The molecule has 2 atom stereocenters. The molecule has 338 valence electrons. The van der Waals surface area contributed by atoms with E-state index in [0.29, 0.717) is 19.3 Å². The summed E-state index contributed by atoms with van der Waals surface area (Å²) in [6, 6.07) is 0. The molecule has 0 aromatic carbocycles. The van der Waals surface area contributed by atoms with Gasteiger partial charge in [-0.1, -0.05) is 234 Å². The molecule has 0 N–H and O–H groups in total. The molecule has 0 spiro atoms. The molecule has 0 heterocycles. The van der Waals surface area contributed by atoms with Crippen molar-refractivity contribution in [2.24, 2.45) is 17.8 Å². The normalized spacial score (nSPS) is 12.6. The standard InChI is InChI=1S/C51H98O6/c1-7-47(6)39-33-27-23-24-29-35-41-50(53)56-44-48(43-55-49(52)40-34-28-21-18-17-20-26-32-38-46(4)5)57-51(54)42-36-30-22-16-14-12-10-8-9-11-13-15-19-25-31-37-45(2)3/h45-48H,7-44H2,1-6H3/t47?,48-/m0/s1. The molecule has 0 aromatic rings. The second kappa shape index (κ2) is 42.5. The van der Waals surface area contributed by atoms with Crippen LogP contribution in [0.15, 0.2) is 0 Å². The molecule has 0 rings (SSSR count). The van der Waals surface area contributed by atoms with E-state index in [0.717, 1.165) is 75.5 Å². The maximum absolute atomic E-state index is 12.8. The monoisotopic (exact) mass is 807 g/mol. The van der Waals surface area contributed by atoms with E-state index < -0.39 is 6.10 Å². The molecule has 6 nitrogen and oxygen atoms in total. The van der Waals surface area contributed by atoms with Crippen molar-refractivity contribution in [3.63, 3.8) is 0 Å². The predicted molar refractivity (Wildman–Crippen MR) is 243 cm³/mol. The molecular formula is C51H98O6. The Morgan fingerprint density at radius 2 is 0.614 bits per heavy atom. The SMILES string of the molecule is CCC(C)CCCCCCCCC(=O)OC[C@H](COC(=O)CCCCCCCCCCC(C)C)OC(=O)CCCCCCCCCCCCCCCCCC(C)C. The molecule has 6 heteroatoms. The van der Waals surface area contributed by atoms with E-state index in [9.17, 15) is 14.4 Å². The van der Waals surface area contributed by atoms with Crippen molar-refractivity contribution in [1.29, 1.82) is 0 Å². The number of esters is 3. The average Bonchev–Trinajstić information content (AvgIpc) is 3.18. The van der Waals surface area contributed by atoms with Gasteiger partial charge in [0, 0.05) is 19.3 Å². The quantitative estimate of drug-likeness (QED) is 0.0347. The number of carbonyl (C=O) groups is 3. The Labute approximate surface area is 355 Å². The van der Waals surface area contributed by atoms with E-state index in [1.807, 2.05) is 0 Å². The fourth-order valence-electron chi connectivity index (χ4n) is 7.55. The van der Waals surface area contributed by atoms with Crippen molar-refractivity contribution in [3.8, 4) is 0 Å². The summed E-state index contributed by atoms with van der Waals surface area (Å²) in [5.74, 6) is 1.60. The van der Waals surface area contributed by atoms with Gasteiger partial charge in [0.15, 0.2) is 6.10 Å². The molecule has 0 bridgehead atoms. The van der Waals surface area contributed by atoms with Gasteiger partial charge in [-0.15, -0.1) is 0 Å². The van der Waals surface area contributed by atoms with Crippen LogP contribution >= 0.6 is 0 Å². The topological polar surface area (TPSA) is 78.9 Å². The van der Waals surface area contributed by atoms with Crippen LogP contribution < -0.4 is 0 Å². The predicted octanol–water partition coefficient (Wildman–Crippen LogP) is 16.0. The van der Waals surface area contributed by atoms with Gasteiger partial charge in [-0.25, -0.2) is 0 Å². The highest BCUT2D eigenvalue weighted by Crippen LogP contribution is 2.18. The highest BCUT2D eigenvalue weighted by atomic mass is 16.6. The molecule has 1 unspecified atom stereocenters. The molecule has 0 radical (unpaired) electrons. The van der Waals surface area contributed by atoms with Crippen molar-refractivity contribution in [3.05, 3.63) is 0 Å². The first-order valence-electron chi connectivity index (χ1n) is 25.1. The van der Waals surface area contributed by atoms with E-state index in [2.05, 4.69) is 41.5 Å². The van der Waals surface area contributed by atoms with E-state index >= 15 is 0 Å². The summed E-state index contributed by atoms with van der Waals surface area (Å²) in [4.78, 5) is 37.8. The molecule has 57 heavy (non-hydrogen) atoms. The minimum absolute atomic E-state index is 0.0662. The lowest BCUT2D eigenvalue weighted by molar-refractivity contribution is -0.167. The summed E-state index contributed by atoms with van der Waals surface area (Å²) >= 11 is 0. The average molecular weight is 807 g/mol. The van der Waals surface area contributed by atoms with Crippen molar-refractivity contribution in [2.45, 2.75) is 279 Å². The Balaban J connectivity index is 4.28. The number of rotatable bonds is 44. The van der Waals surface area contributed by atoms with Gasteiger partial charge >= 0.3 is 17.9 Å². The maximum Gasteiger partial charge on any atom is 0.306 e. The third-order valence-electron chi connectivity index (χ3n) is 11.8. The zero-order valence-electron chi connectivity index (χ0n) is 39.1. The lowest BCUT2D eigenvalue weighted by Crippen LogP contribution is -2.30. The first-order chi connectivity index (χ1) is 27.6. The van der Waals surface area contributed by atoms with Gasteiger partial charge in [0.05, 0.1) is 0 Å². The van der Waals surface area contributed by atoms with Crippen molar-refractivity contribution >= 4 is 17.9 Å². The van der Waals surface area contributed by atoms with Crippen LogP contribution in [-0.2, 0) is 28.6 Å². The molecule has 0 aromatic heterocycles. The van der Waals surface area contributed by atoms with Gasteiger partial charge in [0.25, 0.3) is 0 Å². The Bertz CT molecular complexity index is 885. The largest absolute Gasteiger partial charge is 0.462 e. The van der Waals surface area contributed by atoms with Crippen molar-refractivity contribution < 1.29 is 28.6 Å². The third kappa shape index (κ3) is 43.8. The molecule has 0 fully saturated rings. The number of hydrogen-bond donors (Lipinski definition) is 0. The molecule has 0 aliphatic carbocycles. The number of unbranched alkanes of at least 4 members (excludes halogenated alkanes) is 26. The zero-order valence-corrected chi connectivity index (χ0v) is 39.1. The second-order valence-electron chi connectivity index (χ2n) is 18.6. The fraction of sp³-hybridized carbons (Fsp3) is 0.941. The van der Waals surface area contributed by atoms with E-state index in [1.54, 1.807) is 0 Å². The highest BCUT2D eigenvalue weighted by molar-refractivity contribution is 5.71. The van der Waals surface area contributed by atoms with Gasteiger partial charge in [-0.2, -0.15) is 0 Å². The minimum Gasteiger partial charge on any atom is -0.462 e. The summed E-state index contributed by atoms with van der Waals surface area (Å²) in [7, 11) is 0. The van der Waals surface area contributed by atoms with Crippen LogP contribution in [0.4, 0.5) is 0 Å². The maximum atomic E-state index is 12.8. The minimum atomic E-state index is -0.763. The summed E-state index contributed by atoms with van der Waals surface area (Å²) in [6.07, 6.45) is 41.0. The first kappa shape index (κ1) is 55.4. The number of ether oxygens (including phenoxy) is 3. The summed E-state index contributed by atoms with van der Waals surface area (Å²) in [5.41, 5.74) is 0. The number of carbonyl (C=O) groups excluding carboxylic acids is 3. The zero-order chi connectivity index (χ0) is 42.0. The van der Waals surface area contributed by atoms with Crippen LogP contribution in [-0.4, -0.2) is 37.2 Å². The second-order valence-corrected chi connectivity index (χ2v) is 18.6. The van der Waals surface area contributed by atoms with Crippen molar-refractivity contribution in [1.82, 2.24) is 0 Å².